The maximum atomic E-state index is 13.5. The van der Waals surface area contributed by atoms with E-state index in [4.69, 9.17) is 18.9 Å². The largest absolute Gasteiger partial charge is 0.490 e. The molecule has 27 heavy (non-hydrogen) atoms. The van der Waals surface area contributed by atoms with Gasteiger partial charge >= 0.3 is 0 Å². The molecule has 0 fully saturated rings. The van der Waals surface area contributed by atoms with Crippen LogP contribution in [-0.4, -0.2) is 34.8 Å². The van der Waals surface area contributed by atoms with Crippen LogP contribution in [0.1, 0.15) is 27.7 Å². The summed E-state index contributed by atoms with van der Waals surface area (Å²) in [5.41, 5.74) is 0. The first-order valence-electron chi connectivity index (χ1n) is 9.03. The van der Waals surface area contributed by atoms with Crippen LogP contribution < -0.4 is 18.9 Å². The second kappa shape index (κ2) is 9.50. The fourth-order valence-corrected chi connectivity index (χ4v) is 4.20. The Morgan fingerprint density at radius 2 is 1.00 bits per heavy atom. The lowest BCUT2D eigenvalue weighted by Gasteiger charge is -2.18. The Labute approximate surface area is 160 Å². The van der Waals surface area contributed by atoms with Crippen LogP contribution in [0, 0.1) is 0 Å². The summed E-state index contributed by atoms with van der Waals surface area (Å²) >= 11 is 0. The van der Waals surface area contributed by atoms with Crippen LogP contribution in [0.5, 0.6) is 23.0 Å². The first-order valence-corrected chi connectivity index (χ1v) is 10.5. The number of hydrogen-bond donors (Lipinski definition) is 0. The summed E-state index contributed by atoms with van der Waals surface area (Å²) in [6.45, 7) is 8.65. The van der Waals surface area contributed by atoms with Gasteiger partial charge in [0.1, 0.15) is 9.79 Å². The van der Waals surface area contributed by atoms with Crippen LogP contribution in [0.4, 0.5) is 0 Å². The summed E-state index contributed by atoms with van der Waals surface area (Å²) in [4.78, 5) is 0.0646. The SMILES string of the molecule is CCOc1cccc(S(=O)(=O)c2cccc(OCC)c2OCC)c1OCC. The average molecular weight is 394 g/mol. The van der Waals surface area contributed by atoms with Crippen molar-refractivity contribution in [2.24, 2.45) is 0 Å². The van der Waals surface area contributed by atoms with E-state index < -0.39 is 9.84 Å². The van der Waals surface area contributed by atoms with Gasteiger partial charge in [-0.1, -0.05) is 12.1 Å². The van der Waals surface area contributed by atoms with Gasteiger partial charge in [0.15, 0.2) is 23.0 Å². The van der Waals surface area contributed by atoms with E-state index in [-0.39, 0.29) is 21.3 Å². The molecule has 2 aromatic carbocycles. The van der Waals surface area contributed by atoms with Crippen molar-refractivity contribution in [3.05, 3.63) is 36.4 Å². The molecule has 0 aliphatic heterocycles. The first-order chi connectivity index (χ1) is 13.0. The van der Waals surface area contributed by atoms with Gasteiger partial charge in [-0.25, -0.2) is 8.42 Å². The van der Waals surface area contributed by atoms with Crippen molar-refractivity contribution in [2.45, 2.75) is 37.5 Å². The molecule has 0 spiro atoms. The molecular weight excluding hydrogens is 368 g/mol. The van der Waals surface area contributed by atoms with Crippen molar-refractivity contribution in [3.63, 3.8) is 0 Å². The number of benzene rings is 2. The van der Waals surface area contributed by atoms with Gasteiger partial charge < -0.3 is 18.9 Å². The molecule has 0 saturated carbocycles. The third-order valence-corrected chi connectivity index (χ3v) is 5.44. The molecular formula is C20H26O6S. The Bertz CT molecular complexity index is 795. The summed E-state index contributed by atoms with van der Waals surface area (Å²) in [6, 6.07) is 9.65. The summed E-state index contributed by atoms with van der Waals surface area (Å²) in [5, 5.41) is 0. The molecule has 0 aliphatic rings. The van der Waals surface area contributed by atoms with Crippen LogP contribution in [0.15, 0.2) is 46.2 Å². The molecule has 0 atom stereocenters. The molecule has 7 heteroatoms. The summed E-state index contributed by atoms with van der Waals surface area (Å²) < 4.78 is 49.3. The van der Waals surface area contributed by atoms with Crippen molar-refractivity contribution in [1.29, 1.82) is 0 Å². The predicted molar refractivity (Wildman–Crippen MR) is 103 cm³/mol. The Morgan fingerprint density at radius 1 is 0.630 bits per heavy atom. The fourth-order valence-electron chi connectivity index (χ4n) is 2.64. The Balaban J connectivity index is 2.69. The van der Waals surface area contributed by atoms with Gasteiger partial charge in [0.2, 0.25) is 9.84 Å². The van der Waals surface area contributed by atoms with Crippen LogP contribution in [0.25, 0.3) is 0 Å². The van der Waals surface area contributed by atoms with Gasteiger partial charge in [0.05, 0.1) is 26.4 Å². The zero-order valence-electron chi connectivity index (χ0n) is 16.2. The molecule has 0 radical (unpaired) electrons. The normalized spacial score (nSPS) is 11.1. The monoisotopic (exact) mass is 394 g/mol. The van der Waals surface area contributed by atoms with Gasteiger partial charge in [0.25, 0.3) is 0 Å². The predicted octanol–water partition coefficient (Wildman–Crippen LogP) is 4.11. The Hall–Kier alpha value is -2.41. The van der Waals surface area contributed by atoms with Gasteiger partial charge in [-0.3, -0.25) is 0 Å². The Kier molecular flexibility index (Phi) is 7.36. The van der Waals surface area contributed by atoms with Gasteiger partial charge in [-0.15, -0.1) is 0 Å². The molecule has 0 N–H and O–H groups in total. The highest BCUT2D eigenvalue weighted by Crippen LogP contribution is 2.42. The minimum absolute atomic E-state index is 0.0323. The van der Waals surface area contributed by atoms with Crippen LogP contribution >= 0.6 is 0 Å². The summed E-state index contributed by atoms with van der Waals surface area (Å²) in [6.07, 6.45) is 0. The van der Waals surface area contributed by atoms with Crippen molar-refractivity contribution in [1.82, 2.24) is 0 Å². The van der Waals surface area contributed by atoms with Gasteiger partial charge in [0, 0.05) is 0 Å². The minimum atomic E-state index is -3.94. The van der Waals surface area contributed by atoms with E-state index in [1.165, 1.54) is 12.1 Å². The average Bonchev–Trinajstić information content (AvgIpc) is 2.65. The number of para-hydroxylation sites is 2. The standard InChI is InChI=1S/C20H26O6S/c1-5-23-15-11-9-13-17(19(15)25-7-3)27(21,22)18-14-10-12-16(24-6-2)20(18)26-8-4/h9-14H,5-8H2,1-4H3. The Morgan fingerprint density at radius 3 is 1.33 bits per heavy atom. The number of ether oxygens (including phenoxy) is 4. The lowest BCUT2D eigenvalue weighted by atomic mass is 10.3. The highest BCUT2D eigenvalue weighted by atomic mass is 32.2. The smallest absolute Gasteiger partial charge is 0.214 e. The maximum Gasteiger partial charge on any atom is 0.214 e. The summed E-state index contributed by atoms with van der Waals surface area (Å²) in [7, 11) is -3.94. The lowest BCUT2D eigenvalue weighted by molar-refractivity contribution is 0.279. The zero-order valence-corrected chi connectivity index (χ0v) is 17.0. The molecule has 0 aliphatic carbocycles. The molecule has 2 aromatic rings. The molecule has 6 nitrogen and oxygen atoms in total. The zero-order chi connectivity index (χ0) is 19.9. The van der Waals surface area contributed by atoms with Gasteiger partial charge in [-0.2, -0.15) is 0 Å². The quantitative estimate of drug-likeness (QED) is 0.604. The molecule has 0 heterocycles. The van der Waals surface area contributed by atoms with Crippen molar-refractivity contribution < 1.29 is 27.4 Å². The van der Waals surface area contributed by atoms with E-state index >= 15 is 0 Å². The maximum absolute atomic E-state index is 13.5. The molecule has 0 bridgehead atoms. The summed E-state index contributed by atoms with van der Waals surface area (Å²) in [5.74, 6) is 1.18. The number of rotatable bonds is 10. The fraction of sp³-hybridized carbons (Fsp3) is 0.400. The number of sulfone groups is 1. The molecule has 0 amide bonds. The van der Waals surface area contributed by atoms with Crippen LogP contribution in [0.2, 0.25) is 0 Å². The van der Waals surface area contributed by atoms with Gasteiger partial charge in [-0.05, 0) is 52.0 Å². The highest BCUT2D eigenvalue weighted by Gasteiger charge is 2.29. The van der Waals surface area contributed by atoms with E-state index in [0.29, 0.717) is 37.9 Å². The number of hydrogen-bond acceptors (Lipinski definition) is 6. The van der Waals surface area contributed by atoms with Crippen molar-refractivity contribution in [3.8, 4) is 23.0 Å². The topological polar surface area (TPSA) is 71.1 Å². The molecule has 0 aromatic heterocycles. The third kappa shape index (κ3) is 4.47. The minimum Gasteiger partial charge on any atom is -0.490 e. The van der Waals surface area contributed by atoms with E-state index in [0.717, 1.165) is 0 Å². The van der Waals surface area contributed by atoms with E-state index in [9.17, 15) is 8.42 Å². The third-order valence-electron chi connectivity index (χ3n) is 3.64. The molecule has 2 rings (SSSR count). The first kappa shape index (κ1) is 20.9. The van der Waals surface area contributed by atoms with Crippen molar-refractivity contribution in [2.75, 3.05) is 26.4 Å². The molecule has 148 valence electrons. The second-order valence-electron chi connectivity index (χ2n) is 5.40. The highest BCUT2D eigenvalue weighted by molar-refractivity contribution is 7.91. The van der Waals surface area contributed by atoms with E-state index in [1.54, 1.807) is 38.1 Å². The van der Waals surface area contributed by atoms with E-state index in [1.807, 2.05) is 13.8 Å². The molecule has 0 unspecified atom stereocenters. The van der Waals surface area contributed by atoms with Crippen LogP contribution in [-0.2, 0) is 9.84 Å². The lowest BCUT2D eigenvalue weighted by Crippen LogP contribution is -2.10. The molecule has 0 saturated heterocycles. The van der Waals surface area contributed by atoms with Crippen LogP contribution in [0.3, 0.4) is 0 Å². The van der Waals surface area contributed by atoms with Crippen molar-refractivity contribution >= 4 is 9.84 Å². The second-order valence-corrected chi connectivity index (χ2v) is 7.29. The van der Waals surface area contributed by atoms with E-state index in [2.05, 4.69) is 0 Å².